The normalized spacial score (nSPS) is 18.6. The van der Waals surface area contributed by atoms with Crippen LogP contribution in [0, 0.1) is 0 Å². The molecule has 26 heavy (non-hydrogen) atoms. The maximum Gasteiger partial charge on any atom is 0.232 e. The molecule has 6 heteroatoms. The summed E-state index contributed by atoms with van der Waals surface area (Å²) in [5.74, 6) is 1.38. The Morgan fingerprint density at radius 3 is 3.04 bits per heavy atom. The van der Waals surface area contributed by atoms with Gasteiger partial charge in [0.05, 0.1) is 5.56 Å². The summed E-state index contributed by atoms with van der Waals surface area (Å²) in [6, 6.07) is 12.0. The van der Waals surface area contributed by atoms with Gasteiger partial charge in [0.15, 0.2) is 5.65 Å². The Bertz CT molecular complexity index is 1030. The van der Waals surface area contributed by atoms with Gasteiger partial charge < -0.3 is 14.1 Å². The fraction of sp³-hybridized carbons (Fsp3) is 0.300. The van der Waals surface area contributed by atoms with Crippen LogP contribution in [0.25, 0.3) is 27.9 Å². The molecule has 0 saturated carbocycles. The number of likely N-dealkylation sites (N-methyl/N-ethyl adjacent to an activating group) is 1. The molecule has 1 aliphatic rings. The van der Waals surface area contributed by atoms with Gasteiger partial charge in [0.25, 0.3) is 0 Å². The summed E-state index contributed by atoms with van der Waals surface area (Å²) in [5, 5.41) is 5.64. The molecule has 4 heterocycles. The highest BCUT2D eigenvalue weighted by molar-refractivity contribution is 5.86. The molecule has 0 aliphatic carbocycles. The van der Waals surface area contributed by atoms with Crippen LogP contribution in [0.15, 0.2) is 53.2 Å². The molecule has 0 N–H and O–H groups in total. The second-order valence-corrected chi connectivity index (χ2v) is 6.88. The van der Waals surface area contributed by atoms with E-state index in [-0.39, 0.29) is 6.10 Å². The Morgan fingerprint density at radius 1 is 1.23 bits per heavy atom. The van der Waals surface area contributed by atoms with Gasteiger partial charge in [0, 0.05) is 30.4 Å². The van der Waals surface area contributed by atoms with Gasteiger partial charge in [-0.05, 0) is 38.6 Å². The molecule has 1 aliphatic heterocycles. The van der Waals surface area contributed by atoms with Crippen LogP contribution < -0.4 is 4.74 Å². The highest BCUT2D eigenvalue weighted by Gasteiger charge is 2.21. The largest absolute Gasteiger partial charge is 0.472 e. The van der Waals surface area contributed by atoms with Crippen molar-refractivity contribution in [1.29, 1.82) is 0 Å². The molecular weight excluding hydrogens is 328 g/mol. The monoisotopic (exact) mass is 348 g/mol. The first-order chi connectivity index (χ1) is 12.8. The lowest BCUT2D eigenvalue weighted by molar-refractivity contribution is 0.0989. The van der Waals surface area contributed by atoms with Crippen molar-refractivity contribution in [1.82, 2.24) is 19.5 Å². The number of hydrogen-bond acceptors (Lipinski definition) is 5. The van der Waals surface area contributed by atoms with Crippen LogP contribution in [-0.4, -0.2) is 45.7 Å². The molecule has 132 valence electrons. The lowest BCUT2D eigenvalue weighted by atomic mass is 10.1. The topological polar surface area (TPSA) is 55.8 Å². The van der Waals surface area contributed by atoms with Crippen molar-refractivity contribution in [2.45, 2.75) is 18.9 Å². The molecule has 4 aromatic rings. The minimum absolute atomic E-state index is 0.158. The van der Waals surface area contributed by atoms with Gasteiger partial charge in [0.2, 0.25) is 5.88 Å². The van der Waals surface area contributed by atoms with E-state index in [1.54, 1.807) is 10.7 Å². The van der Waals surface area contributed by atoms with Gasteiger partial charge >= 0.3 is 0 Å². The van der Waals surface area contributed by atoms with Crippen LogP contribution in [0.5, 0.6) is 5.88 Å². The first-order valence-corrected chi connectivity index (χ1v) is 8.95. The van der Waals surface area contributed by atoms with E-state index in [1.165, 1.54) is 0 Å². The van der Waals surface area contributed by atoms with Gasteiger partial charge in [-0.15, -0.1) is 5.10 Å². The smallest absolute Gasteiger partial charge is 0.232 e. The number of rotatable bonds is 3. The van der Waals surface area contributed by atoms with Gasteiger partial charge in [-0.1, -0.05) is 18.2 Å². The Morgan fingerprint density at radius 2 is 2.15 bits per heavy atom. The standard InChI is InChI=1S/C20H20N4O2/c1-23-9-4-6-15(13-23)25-19-12-16(20-21-8-10-24(20)22-19)18-11-14-5-2-3-7-17(14)26-18/h2-3,5,7-8,10-12,15H,4,6,9,13H2,1H3. The van der Waals surface area contributed by atoms with Gasteiger partial charge in [-0.3, -0.25) is 0 Å². The zero-order chi connectivity index (χ0) is 17.5. The number of aromatic nitrogens is 3. The summed E-state index contributed by atoms with van der Waals surface area (Å²) in [4.78, 5) is 6.74. The molecule has 1 aromatic carbocycles. The highest BCUT2D eigenvalue weighted by atomic mass is 16.5. The minimum atomic E-state index is 0.158. The van der Waals surface area contributed by atoms with Gasteiger partial charge in [-0.2, -0.15) is 0 Å². The van der Waals surface area contributed by atoms with Crippen molar-refractivity contribution < 1.29 is 9.15 Å². The minimum Gasteiger partial charge on any atom is -0.472 e. The van der Waals surface area contributed by atoms with Crippen LogP contribution >= 0.6 is 0 Å². The molecule has 1 saturated heterocycles. The summed E-state index contributed by atoms with van der Waals surface area (Å²) in [6.07, 6.45) is 5.93. The number of nitrogens with zero attached hydrogens (tertiary/aromatic N) is 4. The highest BCUT2D eigenvalue weighted by Crippen LogP contribution is 2.32. The van der Waals surface area contributed by atoms with E-state index in [2.05, 4.69) is 22.0 Å². The van der Waals surface area contributed by atoms with Crippen molar-refractivity contribution in [2.24, 2.45) is 0 Å². The van der Waals surface area contributed by atoms with Gasteiger partial charge in [0.1, 0.15) is 17.4 Å². The first-order valence-electron chi connectivity index (χ1n) is 8.95. The molecule has 5 rings (SSSR count). The number of imidazole rings is 1. The predicted molar refractivity (Wildman–Crippen MR) is 99.3 cm³/mol. The van der Waals surface area contributed by atoms with Gasteiger partial charge in [-0.25, -0.2) is 9.50 Å². The molecule has 0 amide bonds. The molecule has 0 bridgehead atoms. The second kappa shape index (κ2) is 6.14. The summed E-state index contributed by atoms with van der Waals surface area (Å²) < 4.78 is 14.0. The van der Waals surface area contributed by atoms with E-state index in [4.69, 9.17) is 9.15 Å². The summed E-state index contributed by atoms with van der Waals surface area (Å²) in [7, 11) is 2.13. The number of para-hydroxylation sites is 1. The number of furan rings is 1. The van der Waals surface area contributed by atoms with Crippen molar-refractivity contribution in [2.75, 3.05) is 20.1 Å². The fourth-order valence-electron chi connectivity index (χ4n) is 3.63. The Labute approximate surface area is 151 Å². The molecule has 1 atom stereocenters. The number of fused-ring (bicyclic) bond motifs is 2. The molecule has 3 aromatic heterocycles. The van der Waals surface area contributed by atoms with Crippen LogP contribution in [0.3, 0.4) is 0 Å². The van der Waals surface area contributed by atoms with Crippen LogP contribution in [0.4, 0.5) is 0 Å². The van der Waals surface area contributed by atoms with E-state index >= 15 is 0 Å². The SMILES string of the molecule is CN1CCCC(Oc2cc(-c3cc4ccccc4o3)c3nccn3n2)C1. The van der Waals surface area contributed by atoms with Crippen LogP contribution in [0.1, 0.15) is 12.8 Å². The predicted octanol–water partition coefficient (Wildman–Crippen LogP) is 3.62. The van der Waals surface area contributed by atoms with E-state index in [0.29, 0.717) is 5.88 Å². The second-order valence-electron chi connectivity index (χ2n) is 6.88. The fourth-order valence-corrected chi connectivity index (χ4v) is 3.63. The summed E-state index contributed by atoms with van der Waals surface area (Å²) in [5.41, 5.74) is 2.51. The third-order valence-corrected chi connectivity index (χ3v) is 4.90. The maximum atomic E-state index is 6.20. The van der Waals surface area contributed by atoms with Crippen molar-refractivity contribution in [3.05, 3.63) is 48.8 Å². The first kappa shape index (κ1) is 15.4. The third-order valence-electron chi connectivity index (χ3n) is 4.90. The Kier molecular flexibility index (Phi) is 3.64. The zero-order valence-corrected chi connectivity index (χ0v) is 14.6. The van der Waals surface area contributed by atoms with E-state index in [1.807, 2.05) is 42.6 Å². The van der Waals surface area contributed by atoms with E-state index in [9.17, 15) is 0 Å². The number of ether oxygens (including phenoxy) is 1. The quantitative estimate of drug-likeness (QED) is 0.566. The summed E-state index contributed by atoms with van der Waals surface area (Å²) >= 11 is 0. The maximum absolute atomic E-state index is 6.20. The number of piperidine rings is 1. The number of likely N-dealkylation sites (tertiary alicyclic amines) is 1. The lowest BCUT2D eigenvalue weighted by Gasteiger charge is -2.29. The zero-order valence-electron chi connectivity index (χ0n) is 14.6. The van der Waals surface area contributed by atoms with Crippen molar-refractivity contribution in [3.8, 4) is 17.2 Å². The van der Waals surface area contributed by atoms with Crippen LogP contribution in [0.2, 0.25) is 0 Å². The molecule has 1 unspecified atom stereocenters. The van der Waals surface area contributed by atoms with E-state index in [0.717, 1.165) is 53.9 Å². The average molecular weight is 348 g/mol. The number of hydrogen-bond donors (Lipinski definition) is 0. The Balaban J connectivity index is 1.56. The average Bonchev–Trinajstić information content (AvgIpc) is 3.27. The molecule has 0 spiro atoms. The molecule has 1 fully saturated rings. The molecule has 6 nitrogen and oxygen atoms in total. The van der Waals surface area contributed by atoms with Crippen LogP contribution in [-0.2, 0) is 0 Å². The van der Waals surface area contributed by atoms with Crippen molar-refractivity contribution in [3.63, 3.8) is 0 Å². The number of benzene rings is 1. The third kappa shape index (κ3) is 2.72. The lowest BCUT2D eigenvalue weighted by Crippen LogP contribution is -2.38. The molecule has 0 radical (unpaired) electrons. The summed E-state index contributed by atoms with van der Waals surface area (Å²) in [6.45, 7) is 2.04. The van der Waals surface area contributed by atoms with Crippen molar-refractivity contribution >= 4 is 16.6 Å². The van der Waals surface area contributed by atoms with E-state index < -0.39 is 0 Å². The Hall–Kier alpha value is -2.86. The molecular formula is C20H20N4O2.